The third kappa shape index (κ3) is 4.18. The summed E-state index contributed by atoms with van der Waals surface area (Å²) < 4.78 is 1.24. The molecule has 0 saturated heterocycles. The van der Waals surface area contributed by atoms with Gasteiger partial charge >= 0.3 is 0 Å². The Morgan fingerprint density at radius 1 is 0.800 bits per heavy atom. The summed E-state index contributed by atoms with van der Waals surface area (Å²) >= 11 is 5.62. The quantitative estimate of drug-likeness (QED) is 0.314. The zero-order valence-electron chi connectivity index (χ0n) is 19.1. The highest BCUT2D eigenvalue weighted by Crippen LogP contribution is 2.55. The van der Waals surface area contributed by atoms with Gasteiger partial charge in [-0.05, 0) is 75.6 Å². The van der Waals surface area contributed by atoms with Gasteiger partial charge in [0.1, 0.15) is 0 Å². The smallest absolute Gasteiger partial charge is 0.0779 e. The Morgan fingerprint density at radius 2 is 1.43 bits per heavy atom. The van der Waals surface area contributed by atoms with Gasteiger partial charge in [-0.25, -0.2) is 0 Å². The van der Waals surface area contributed by atoms with Gasteiger partial charge in [0.2, 0.25) is 0 Å². The summed E-state index contributed by atoms with van der Waals surface area (Å²) in [5.74, 6) is 0. The number of unbranched alkanes of at least 4 members (excludes halogenated alkanes) is 2. The van der Waals surface area contributed by atoms with Crippen molar-refractivity contribution in [1.82, 2.24) is 0 Å². The Balaban J connectivity index is 0.00000124. The van der Waals surface area contributed by atoms with Crippen LogP contribution in [0.15, 0.2) is 52.3 Å². The molecule has 0 saturated carbocycles. The largest absolute Gasteiger partial charge is 0.133 e. The molecule has 0 aliphatic heterocycles. The fourth-order valence-corrected chi connectivity index (χ4v) is 6.78. The lowest BCUT2D eigenvalue weighted by Gasteiger charge is -2.33. The number of aryl methyl sites for hydroxylation is 1. The van der Waals surface area contributed by atoms with E-state index in [0.717, 1.165) is 0 Å². The molecule has 0 N–H and O–H groups in total. The highest BCUT2D eigenvalue weighted by molar-refractivity contribution is 9.11. The fraction of sp³-hybridized carbons (Fsp3) is 0.429. The van der Waals surface area contributed by atoms with Crippen molar-refractivity contribution in [2.24, 2.45) is 0 Å². The SMILES string of the molecule is CC.CCCCC1(CCCC)c2ccccc2-c2ccc(-c3cc(C)sc3Br)cc21. The van der Waals surface area contributed by atoms with Gasteiger partial charge in [0.05, 0.1) is 3.79 Å². The van der Waals surface area contributed by atoms with Gasteiger partial charge < -0.3 is 0 Å². The summed E-state index contributed by atoms with van der Waals surface area (Å²) in [4.78, 5) is 1.36. The molecule has 0 amide bonds. The van der Waals surface area contributed by atoms with Crippen LogP contribution in [0.5, 0.6) is 0 Å². The van der Waals surface area contributed by atoms with E-state index in [1.54, 1.807) is 11.1 Å². The Hall–Kier alpha value is -1.38. The highest BCUT2D eigenvalue weighted by atomic mass is 79.9. The zero-order chi connectivity index (χ0) is 21.7. The molecule has 2 heteroatoms. The molecule has 1 aromatic heterocycles. The Morgan fingerprint density at radius 3 is 2.03 bits per heavy atom. The van der Waals surface area contributed by atoms with Gasteiger partial charge in [0.25, 0.3) is 0 Å². The van der Waals surface area contributed by atoms with Crippen molar-refractivity contribution in [2.75, 3.05) is 0 Å². The van der Waals surface area contributed by atoms with E-state index in [-0.39, 0.29) is 5.41 Å². The van der Waals surface area contributed by atoms with Crippen LogP contribution >= 0.6 is 27.3 Å². The van der Waals surface area contributed by atoms with Crippen LogP contribution in [0.4, 0.5) is 0 Å². The van der Waals surface area contributed by atoms with E-state index in [2.05, 4.69) is 85.2 Å². The minimum atomic E-state index is 0.172. The second-order valence-electron chi connectivity index (χ2n) is 8.14. The third-order valence-corrected chi connectivity index (χ3v) is 8.05. The molecule has 0 bridgehead atoms. The van der Waals surface area contributed by atoms with Gasteiger partial charge in [0.15, 0.2) is 0 Å². The maximum Gasteiger partial charge on any atom is 0.0779 e. The normalized spacial score (nSPS) is 13.4. The molecule has 2 aromatic carbocycles. The predicted octanol–water partition coefficient (Wildman–Crippen LogP) is 10.2. The number of hydrogen-bond acceptors (Lipinski definition) is 1. The summed E-state index contributed by atoms with van der Waals surface area (Å²) in [6.07, 6.45) is 7.56. The van der Waals surface area contributed by atoms with Crippen LogP contribution in [0, 0.1) is 6.92 Å². The molecule has 1 aliphatic carbocycles. The van der Waals surface area contributed by atoms with E-state index in [0.29, 0.717) is 0 Å². The van der Waals surface area contributed by atoms with Crippen LogP contribution in [0.3, 0.4) is 0 Å². The third-order valence-electron chi connectivity index (χ3n) is 6.30. The van der Waals surface area contributed by atoms with Crippen LogP contribution in [-0.4, -0.2) is 0 Å². The number of halogens is 1. The molecule has 0 radical (unpaired) electrons. The zero-order valence-corrected chi connectivity index (χ0v) is 21.6. The van der Waals surface area contributed by atoms with Crippen LogP contribution in [0.1, 0.15) is 82.2 Å². The number of rotatable bonds is 7. The molecule has 0 nitrogen and oxygen atoms in total. The minimum Gasteiger partial charge on any atom is -0.133 e. The van der Waals surface area contributed by atoms with E-state index in [4.69, 9.17) is 0 Å². The number of benzene rings is 2. The summed E-state index contributed by atoms with van der Waals surface area (Å²) in [5, 5.41) is 0. The standard InChI is InChI=1S/C26H29BrS.C2H6/c1-4-6-14-26(15-7-5-2)23-11-9-8-10-20(23)21-13-12-19(17-24(21)26)22-16-18(3)28-25(22)27;1-2/h8-13,16-17H,4-7,14-15H2,1-3H3;1-2H3. The molecule has 4 rings (SSSR count). The molecule has 0 unspecified atom stereocenters. The van der Waals surface area contributed by atoms with E-state index in [1.807, 2.05) is 25.2 Å². The van der Waals surface area contributed by atoms with E-state index in [9.17, 15) is 0 Å². The minimum absolute atomic E-state index is 0.172. The number of hydrogen-bond donors (Lipinski definition) is 0. The lowest BCUT2D eigenvalue weighted by Crippen LogP contribution is -2.25. The lowest BCUT2D eigenvalue weighted by atomic mass is 9.70. The van der Waals surface area contributed by atoms with Gasteiger partial charge in [-0.15, -0.1) is 11.3 Å². The van der Waals surface area contributed by atoms with E-state index in [1.165, 1.54) is 69.4 Å². The van der Waals surface area contributed by atoms with Crippen LogP contribution in [0.25, 0.3) is 22.3 Å². The van der Waals surface area contributed by atoms with Crippen molar-refractivity contribution in [3.05, 3.63) is 68.3 Å². The summed E-state index contributed by atoms with van der Waals surface area (Å²) in [7, 11) is 0. The van der Waals surface area contributed by atoms with Crippen molar-refractivity contribution in [3.63, 3.8) is 0 Å². The molecule has 3 aromatic rings. The second-order valence-corrected chi connectivity index (χ2v) is 10.7. The Labute approximate surface area is 195 Å². The fourth-order valence-electron chi connectivity index (χ4n) is 4.93. The lowest BCUT2D eigenvalue weighted by molar-refractivity contribution is 0.414. The first-order chi connectivity index (χ1) is 14.6. The van der Waals surface area contributed by atoms with Crippen LogP contribution in [-0.2, 0) is 5.41 Å². The van der Waals surface area contributed by atoms with Gasteiger partial charge in [-0.3, -0.25) is 0 Å². The number of fused-ring (bicyclic) bond motifs is 3. The first kappa shape index (κ1) is 23.3. The molecule has 1 heterocycles. The van der Waals surface area contributed by atoms with Gasteiger partial charge in [0, 0.05) is 15.9 Å². The first-order valence-corrected chi connectivity index (χ1v) is 13.2. The average Bonchev–Trinajstić information content (AvgIpc) is 3.26. The molecular weight excluding hydrogens is 448 g/mol. The number of thiophene rings is 1. The van der Waals surface area contributed by atoms with Crippen molar-refractivity contribution in [2.45, 2.75) is 78.6 Å². The monoisotopic (exact) mass is 482 g/mol. The topological polar surface area (TPSA) is 0 Å². The van der Waals surface area contributed by atoms with E-state index < -0.39 is 0 Å². The average molecular weight is 484 g/mol. The highest BCUT2D eigenvalue weighted by Gasteiger charge is 2.42. The Bertz CT molecular complexity index is 974. The molecule has 1 aliphatic rings. The van der Waals surface area contributed by atoms with Gasteiger partial charge in [-0.1, -0.05) is 89.8 Å². The van der Waals surface area contributed by atoms with Crippen molar-refractivity contribution in [1.29, 1.82) is 0 Å². The predicted molar refractivity (Wildman–Crippen MR) is 139 cm³/mol. The maximum atomic E-state index is 3.79. The molecule has 0 atom stereocenters. The molecule has 30 heavy (non-hydrogen) atoms. The Kier molecular flexibility index (Phi) is 7.98. The van der Waals surface area contributed by atoms with Crippen LogP contribution < -0.4 is 0 Å². The van der Waals surface area contributed by atoms with Crippen molar-refractivity contribution >= 4 is 27.3 Å². The summed E-state index contributed by atoms with van der Waals surface area (Å²) in [5.41, 5.74) is 8.88. The summed E-state index contributed by atoms with van der Waals surface area (Å²) in [6.45, 7) is 10.8. The molecule has 0 spiro atoms. The summed E-state index contributed by atoms with van der Waals surface area (Å²) in [6, 6.07) is 18.7. The molecule has 0 fully saturated rings. The van der Waals surface area contributed by atoms with Gasteiger partial charge in [-0.2, -0.15) is 0 Å². The maximum absolute atomic E-state index is 3.79. The second kappa shape index (κ2) is 10.3. The molecule has 160 valence electrons. The van der Waals surface area contributed by atoms with E-state index >= 15 is 0 Å². The van der Waals surface area contributed by atoms with Crippen molar-refractivity contribution < 1.29 is 0 Å². The van der Waals surface area contributed by atoms with Crippen LogP contribution in [0.2, 0.25) is 0 Å². The van der Waals surface area contributed by atoms with Crippen molar-refractivity contribution in [3.8, 4) is 22.3 Å². The first-order valence-electron chi connectivity index (χ1n) is 11.6. The molecular formula is C28H35BrS.